The summed E-state index contributed by atoms with van der Waals surface area (Å²) in [5.41, 5.74) is 15.1. The Morgan fingerprint density at radius 2 is 1.88 bits per heavy atom. The monoisotopic (exact) mass is 426 g/mol. The van der Waals surface area contributed by atoms with Gasteiger partial charge in [-0.3, -0.25) is 4.98 Å². The van der Waals surface area contributed by atoms with Gasteiger partial charge < -0.3 is 15.9 Å². The lowest BCUT2D eigenvalue weighted by Gasteiger charge is -2.15. The van der Waals surface area contributed by atoms with Crippen LogP contribution in [0, 0.1) is 11.3 Å². The minimum Gasteiger partial charge on any atom is -0.414 e. The highest BCUT2D eigenvalue weighted by Gasteiger charge is 2.22. The number of benzene rings is 1. The van der Waals surface area contributed by atoms with E-state index >= 15 is 0 Å². The molecule has 1 aromatic carbocycles. The third kappa shape index (κ3) is 4.17. The first-order chi connectivity index (χ1) is 15.4. The summed E-state index contributed by atoms with van der Waals surface area (Å²) < 4.78 is 5.86. The Balaban J connectivity index is 1.70. The van der Waals surface area contributed by atoms with Crippen molar-refractivity contribution in [3.8, 4) is 40.4 Å². The average Bonchev–Trinajstić information content (AvgIpc) is 3.30. The number of nitrogens with two attached hydrogens (primary N) is 2. The van der Waals surface area contributed by atoms with Crippen molar-refractivity contribution in [3.63, 3.8) is 0 Å². The van der Waals surface area contributed by atoms with Gasteiger partial charge in [0.15, 0.2) is 11.5 Å². The van der Waals surface area contributed by atoms with E-state index in [2.05, 4.69) is 31.2 Å². The van der Waals surface area contributed by atoms with Gasteiger partial charge in [-0.15, -0.1) is 10.2 Å². The molecular weight excluding hydrogens is 404 g/mol. The number of nitrogens with zero attached hydrogens (tertiary/aromatic N) is 6. The highest BCUT2D eigenvalue weighted by molar-refractivity contribution is 5.69. The zero-order valence-corrected chi connectivity index (χ0v) is 17.8. The predicted octanol–water partition coefficient (Wildman–Crippen LogP) is 3.14. The minimum absolute atomic E-state index is 0.169. The Bertz CT molecular complexity index is 1310. The van der Waals surface area contributed by atoms with Gasteiger partial charge >= 0.3 is 0 Å². The van der Waals surface area contributed by atoms with E-state index in [0.717, 1.165) is 23.1 Å². The van der Waals surface area contributed by atoms with Gasteiger partial charge in [-0.05, 0) is 56.6 Å². The van der Waals surface area contributed by atoms with Crippen molar-refractivity contribution in [2.24, 2.45) is 5.73 Å². The van der Waals surface area contributed by atoms with E-state index in [9.17, 15) is 5.26 Å². The van der Waals surface area contributed by atoms with Crippen LogP contribution >= 0.6 is 0 Å². The van der Waals surface area contributed by atoms with Crippen LogP contribution in [-0.4, -0.2) is 31.7 Å². The maximum atomic E-state index is 9.41. The molecule has 0 bridgehead atoms. The van der Waals surface area contributed by atoms with Gasteiger partial charge in [0, 0.05) is 17.3 Å². The first kappa shape index (κ1) is 21.1. The van der Waals surface area contributed by atoms with Crippen LogP contribution in [0.15, 0.2) is 53.2 Å². The first-order valence-electron chi connectivity index (χ1n) is 10.0. The Morgan fingerprint density at radius 1 is 1.06 bits per heavy atom. The van der Waals surface area contributed by atoms with Crippen LogP contribution in [0.25, 0.3) is 34.3 Å². The van der Waals surface area contributed by atoms with E-state index in [1.54, 1.807) is 18.5 Å². The van der Waals surface area contributed by atoms with Crippen LogP contribution in [-0.2, 0) is 11.8 Å². The van der Waals surface area contributed by atoms with Crippen molar-refractivity contribution < 1.29 is 4.42 Å². The van der Waals surface area contributed by atoms with Crippen molar-refractivity contribution in [1.82, 2.24) is 25.1 Å². The van der Waals surface area contributed by atoms with Gasteiger partial charge in [0.25, 0.3) is 5.89 Å². The van der Waals surface area contributed by atoms with Gasteiger partial charge in [-0.25, -0.2) is 9.97 Å². The maximum absolute atomic E-state index is 9.41. The molecule has 0 atom stereocenters. The van der Waals surface area contributed by atoms with Crippen molar-refractivity contribution in [2.75, 3.05) is 12.3 Å². The lowest BCUT2D eigenvalue weighted by Crippen LogP contribution is -2.15. The summed E-state index contributed by atoms with van der Waals surface area (Å²) in [5, 5.41) is 17.7. The fraction of sp³-hybridized carbons (Fsp3) is 0.217. The summed E-state index contributed by atoms with van der Waals surface area (Å²) in [4.78, 5) is 13.2. The average molecular weight is 426 g/mol. The van der Waals surface area contributed by atoms with Crippen LogP contribution in [0.1, 0.15) is 25.1 Å². The number of rotatable bonds is 6. The number of nitrogen functional groups attached to an aromatic ring is 1. The standard InChI is InChI=1S/C23H22N8O/c1-23(2,13-25)18-11-15(7-9-27-18)17-12-28-20(26)19(29-17)22-31-30-21(32-22)16-5-3-4-14(10-16)6-8-24/h3-5,7,9-12H,6,8,24H2,1-2H3,(H2,26,28). The van der Waals surface area contributed by atoms with Gasteiger partial charge in [-0.2, -0.15) is 5.26 Å². The summed E-state index contributed by atoms with van der Waals surface area (Å²) in [6.45, 7) is 4.17. The minimum atomic E-state index is -0.736. The molecular formula is C23H22N8O. The second-order valence-electron chi connectivity index (χ2n) is 7.81. The highest BCUT2D eigenvalue weighted by atomic mass is 16.4. The first-order valence-corrected chi connectivity index (χ1v) is 10.0. The van der Waals surface area contributed by atoms with Crippen LogP contribution in [0.3, 0.4) is 0 Å². The number of pyridine rings is 1. The van der Waals surface area contributed by atoms with E-state index in [1.807, 2.05) is 44.2 Å². The molecule has 3 heterocycles. The SMILES string of the molecule is CC(C)(C#N)c1cc(-c2cnc(N)c(-c3nnc(-c4cccc(CCN)c4)o3)n2)ccn1. The summed E-state index contributed by atoms with van der Waals surface area (Å²) in [6.07, 6.45) is 3.96. The van der Waals surface area contributed by atoms with Crippen LogP contribution in [0.4, 0.5) is 5.82 Å². The van der Waals surface area contributed by atoms with Crippen molar-refractivity contribution in [2.45, 2.75) is 25.7 Å². The molecule has 0 unspecified atom stereocenters. The quantitative estimate of drug-likeness (QED) is 0.473. The molecule has 0 saturated heterocycles. The van der Waals surface area contributed by atoms with Crippen LogP contribution in [0.5, 0.6) is 0 Å². The normalized spacial score (nSPS) is 11.3. The Morgan fingerprint density at radius 3 is 2.66 bits per heavy atom. The fourth-order valence-electron chi connectivity index (χ4n) is 3.15. The van der Waals surface area contributed by atoms with Crippen LogP contribution < -0.4 is 11.5 Å². The molecule has 0 amide bonds. The fourth-order valence-corrected chi connectivity index (χ4v) is 3.15. The molecule has 0 radical (unpaired) electrons. The topological polar surface area (TPSA) is 153 Å². The van der Waals surface area contributed by atoms with Crippen molar-refractivity contribution in [3.05, 3.63) is 60.0 Å². The molecule has 0 aliphatic heterocycles. The summed E-state index contributed by atoms with van der Waals surface area (Å²) in [5.74, 6) is 0.697. The molecule has 0 spiro atoms. The van der Waals surface area contributed by atoms with Crippen molar-refractivity contribution >= 4 is 5.82 Å². The molecule has 3 aromatic heterocycles. The molecule has 0 aliphatic carbocycles. The van der Waals surface area contributed by atoms with Crippen LogP contribution in [0.2, 0.25) is 0 Å². The molecule has 9 heteroatoms. The predicted molar refractivity (Wildman–Crippen MR) is 120 cm³/mol. The van der Waals surface area contributed by atoms with Gasteiger partial charge in [0.2, 0.25) is 5.89 Å². The number of anilines is 1. The Labute approximate surface area is 185 Å². The summed E-state index contributed by atoms with van der Waals surface area (Å²) in [6, 6.07) is 13.6. The number of nitriles is 1. The van der Waals surface area contributed by atoms with Crippen molar-refractivity contribution in [1.29, 1.82) is 5.26 Å². The molecule has 0 aliphatic rings. The molecule has 9 nitrogen and oxygen atoms in total. The van der Waals surface area contributed by atoms with Gasteiger partial charge in [-0.1, -0.05) is 12.1 Å². The molecule has 4 aromatic rings. The third-order valence-electron chi connectivity index (χ3n) is 5.01. The van der Waals surface area contributed by atoms with E-state index in [0.29, 0.717) is 23.8 Å². The highest BCUT2D eigenvalue weighted by Crippen LogP contribution is 2.29. The molecule has 0 fully saturated rings. The Kier molecular flexibility index (Phi) is 5.62. The summed E-state index contributed by atoms with van der Waals surface area (Å²) >= 11 is 0. The lowest BCUT2D eigenvalue weighted by molar-refractivity contribution is 0.582. The number of aromatic nitrogens is 5. The largest absolute Gasteiger partial charge is 0.414 e. The van der Waals surface area contributed by atoms with E-state index in [-0.39, 0.29) is 17.4 Å². The second-order valence-corrected chi connectivity index (χ2v) is 7.81. The van der Waals surface area contributed by atoms with Gasteiger partial charge in [0.1, 0.15) is 0 Å². The lowest BCUT2D eigenvalue weighted by atomic mass is 9.90. The van der Waals surface area contributed by atoms with E-state index < -0.39 is 5.41 Å². The van der Waals surface area contributed by atoms with Gasteiger partial charge in [0.05, 0.1) is 29.1 Å². The van der Waals surface area contributed by atoms with E-state index in [4.69, 9.17) is 15.9 Å². The Hall–Kier alpha value is -4.16. The molecule has 0 saturated carbocycles. The third-order valence-corrected chi connectivity index (χ3v) is 5.01. The number of hydrogen-bond acceptors (Lipinski definition) is 9. The molecule has 4 rings (SSSR count). The van der Waals surface area contributed by atoms with E-state index in [1.165, 1.54) is 0 Å². The number of hydrogen-bond donors (Lipinski definition) is 2. The molecule has 4 N–H and O–H groups in total. The maximum Gasteiger partial charge on any atom is 0.270 e. The zero-order valence-electron chi connectivity index (χ0n) is 17.8. The zero-order chi connectivity index (χ0) is 22.7. The second kappa shape index (κ2) is 8.53. The molecule has 160 valence electrons. The molecule has 32 heavy (non-hydrogen) atoms. The smallest absolute Gasteiger partial charge is 0.270 e. The summed E-state index contributed by atoms with van der Waals surface area (Å²) in [7, 11) is 0.